The van der Waals surface area contributed by atoms with E-state index in [1.807, 2.05) is 12.3 Å². The summed E-state index contributed by atoms with van der Waals surface area (Å²) in [6.45, 7) is 20.5. The van der Waals surface area contributed by atoms with Crippen molar-refractivity contribution in [2.45, 2.75) is 78.6 Å². The van der Waals surface area contributed by atoms with E-state index < -0.39 is 0 Å². The molecule has 0 aliphatic heterocycles. The lowest BCUT2D eigenvalue weighted by Crippen LogP contribution is -2.37. The fourth-order valence-corrected chi connectivity index (χ4v) is 10.4. The highest BCUT2D eigenvalue weighted by Crippen LogP contribution is 2.40. The molecule has 7 heteroatoms. The number of rotatable bonds is 5. The van der Waals surface area contributed by atoms with Gasteiger partial charge in [0.2, 0.25) is 0 Å². The van der Waals surface area contributed by atoms with E-state index in [-0.39, 0.29) is 16.2 Å². The number of benzene rings is 7. The third-order valence-corrected chi connectivity index (χ3v) is 13.7. The van der Waals surface area contributed by atoms with Crippen LogP contribution in [0.5, 0.6) is 11.5 Å². The van der Waals surface area contributed by atoms with E-state index in [0.29, 0.717) is 0 Å². The number of para-hydroxylation sites is 3. The van der Waals surface area contributed by atoms with E-state index in [0.717, 1.165) is 83.7 Å². The molecule has 5 aromatic heterocycles. The maximum absolute atomic E-state index is 6.87. The third-order valence-electron chi connectivity index (χ3n) is 13.7. The van der Waals surface area contributed by atoms with Gasteiger partial charge in [0, 0.05) is 33.8 Å². The number of hydrogen-bond acceptors (Lipinski definition) is 3. The number of aromatic nitrogens is 6. The summed E-state index contributed by atoms with van der Waals surface area (Å²) in [4.78, 5) is 10.3. The number of ether oxygens (including phenoxy) is 1. The first-order chi connectivity index (χ1) is 32.6. The van der Waals surface area contributed by atoms with E-state index in [1.165, 1.54) is 32.8 Å². The summed E-state index contributed by atoms with van der Waals surface area (Å²) < 4.78 is 16.0. The van der Waals surface area contributed by atoms with Crippen molar-refractivity contribution in [3.63, 3.8) is 0 Å². The van der Waals surface area contributed by atoms with Crippen LogP contribution in [0, 0.1) is 6.33 Å². The van der Waals surface area contributed by atoms with Crippen LogP contribution in [-0.4, -0.2) is 23.5 Å². The fraction of sp³-hybridized carbons (Fsp3) is 0.197. The minimum atomic E-state index is -0.150. The van der Waals surface area contributed by atoms with Crippen molar-refractivity contribution in [1.29, 1.82) is 0 Å². The molecule has 7 nitrogen and oxygen atoms in total. The molecule has 0 amide bonds. The topological polar surface area (TPSA) is 53.2 Å². The number of imidazole rings is 2. The molecule has 0 radical (unpaired) electrons. The number of hydrogen-bond donors (Lipinski definition) is 0. The molecule has 0 aliphatic rings. The zero-order chi connectivity index (χ0) is 46.9. The Morgan fingerprint density at radius 1 is 0.500 bits per heavy atom. The van der Waals surface area contributed by atoms with E-state index in [1.54, 1.807) is 0 Å². The van der Waals surface area contributed by atoms with Crippen molar-refractivity contribution in [3.8, 4) is 28.7 Å². The van der Waals surface area contributed by atoms with Crippen LogP contribution in [0.15, 0.2) is 164 Å². The third kappa shape index (κ3) is 6.58. The van der Waals surface area contributed by atoms with Gasteiger partial charge in [0.15, 0.2) is 0 Å². The van der Waals surface area contributed by atoms with Crippen molar-refractivity contribution >= 4 is 71.2 Å². The predicted molar refractivity (Wildman–Crippen MR) is 280 cm³/mol. The van der Waals surface area contributed by atoms with Crippen LogP contribution in [0.3, 0.4) is 0 Å². The first-order valence-electron chi connectivity index (χ1n) is 23.7. The van der Waals surface area contributed by atoms with Crippen molar-refractivity contribution in [3.05, 3.63) is 187 Å². The Morgan fingerprint density at radius 2 is 1.13 bits per heavy atom. The van der Waals surface area contributed by atoms with Crippen LogP contribution in [0.2, 0.25) is 0 Å². The highest BCUT2D eigenvalue weighted by molar-refractivity contribution is 6.14. The van der Waals surface area contributed by atoms with Crippen LogP contribution in [0.25, 0.3) is 88.4 Å². The SMILES string of the molecule is CC(C)(C)c1ccnc(-n2c3ccccc3c3ccc(Oc4cccc(-n5[c-][n+](-c6c(C(C)(C)C)cccc6C(C)(C)C)c6cc7nc8c9ccccc9c9ccccc9n8c7cc65)c4)cc32)c1. The summed E-state index contributed by atoms with van der Waals surface area (Å²) in [6.07, 6.45) is 5.85. The summed E-state index contributed by atoms with van der Waals surface area (Å²) in [5.41, 5.74) is 13.7. The molecule has 0 aliphatic carbocycles. The van der Waals surface area contributed by atoms with E-state index >= 15 is 0 Å². The molecule has 12 aromatic rings. The summed E-state index contributed by atoms with van der Waals surface area (Å²) in [7, 11) is 0. The quantitative estimate of drug-likeness (QED) is 0.0983. The van der Waals surface area contributed by atoms with Gasteiger partial charge < -0.3 is 4.74 Å². The van der Waals surface area contributed by atoms with Gasteiger partial charge in [-0.15, -0.1) is 0 Å². The van der Waals surface area contributed by atoms with Crippen LogP contribution in [-0.2, 0) is 16.2 Å². The summed E-state index contributed by atoms with van der Waals surface area (Å²) in [5.74, 6) is 2.34. The summed E-state index contributed by atoms with van der Waals surface area (Å²) >= 11 is 0. The van der Waals surface area contributed by atoms with E-state index in [2.05, 4.69) is 238 Å². The molecule has 7 aromatic carbocycles. The Bertz CT molecular complexity index is 3980. The Kier molecular flexibility index (Phi) is 9.10. The standard InChI is InChI=1S/C61H54N6O/c1-59(2,3)38-30-31-62-56(32-38)66-50-26-14-13-22-44(50)45-29-28-41(34-52(45)66)68-40-19-16-18-39(33-40)64-37-65(57-47(60(4,5)6)24-17-25-48(57)61(7,8)9)54-35-49-53(36-55(54)64)67-51-27-15-12-21-43(51)42-20-10-11-23-46(42)58(67)63-49/h10-36H,1-9H3. The highest BCUT2D eigenvalue weighted by atomic mass is 16.5. The molecule has 0 unspecified atom stereocenters. The summed E-state index contributed by atoms with van der Waals surface area (Å²) in [5, 5.41) is 5.83. The lowest BCUT2D eigenvalue weighted by molar-refractivity contribution is -0.574. The Hall–Kier alpha value is -7.77. The van der Waals surface area contributed by atoms with Gasteiger partial charge in [-0.05, 0) is 105 Å². The molecule has 0 fully saturated rings. The van der Waals surface area contributed by atoms with Gasteiger partial charge in [0.25, 0.3) is 6.33 Å². The lowest BCUT2D eigenvalue weighted by Gasteiger charge is -2.30. The van der Waals surface area contributed by atoms with Crippen molar-refractivity contribution in [2.24, 2.45) is 0 Å². The number of nitrogens with zero attached hydrogens (tertiary/aromatic N) is 6. The molecular formula is C61H54N6O. The second kappa shape index (κ2) is 14.9. The van der Waals surface area contributed by atoms with Gasteiger partial charge in [0.1, 0.15) is 23.0 Å². The highest BCUT2D eigenvalue weighted by Gasteiger charge is 2.29. The molecular weight excluding hydrogens is 833 g/mol. The average molecular weight is 887 g/mol. The molecule has 5 heterocycles. The van der Waals surface area contributed by atoms with Crippen LogP contribution in [0.4, 0.5) is 0 Å². The number of fused-ring (bicyclic) bond motifs is 12. The van der Waals surface area contributed by atoms with E-state index in [4.69, 9.17) is 14.7 Å². The van der Waals surface area contributed by atoms with Crippen molar-refractivity contribution < 1.29 is 9.30 Å². The molecule has 68 heavy (non-hydrogen) atoms. The first kappa shape index (κ1) is 41.6. The maximum Gasteiger partial charge on any atom is 0.269 e. The molecule has 0 atom stereocenters. The zero-order valence-electron chi connectivity index (χ0n) is 40.2. The van der Waals surface area contributed by atoms with Crippen LogP contribution >= 0.6 is 0 Å². The number of pyridine rings is 2. The minimum Gasteiger partial charge on any atom is -0.458 e. The molecule has 0 saturated carbocycles. The van der Waals surface area contributed by atoms with Crippen molar-refractivity contribution in [2.75, 3.05) is 0 Å². The Balaban J connectivity index is 1.07. The van der Waals surface area contributed by atoms with Gasteiger partial charge >= 0.3 is 0 Å². The smallest absolute Gasteiger partial charge is 0.269 e. The fourth-order valence-electron chi connectivity index (χ4n) is 10.4. The van der Waals surface area contributed by atoms with Gasteiger partial charge in [-0.2, -0.15) is 0 Å². The Morgan fingerprint density at radius 3 is 1.85 bits per heavy atom. The van der Waals surface area contributed by atoms with Gasteiger partial charge in [-0.1, -0.05) is 147 Å². The normalized spacial score (nSPS) is 12.8. The minimum absolute atomic E-state index is 0.0235. The predicted octanol–water partition coefficient (Wildman–Crippen LogP) is 15.0. The summed E-state index contributed by atoms with van der Waals surface area (Å²) in [6, 6.07) is 56.2. The zero-order valence-corrected chi connectivity index (χ0v) is 40.2. The van der Waals surface area contributed by atoms with Gasteiger partial charge in [-0.3, -0.25) is 18.1 Å². The molecule has 334 valence electrons. The lowest BCUT2D eigenvalue weighted by atomic mass is 9.78. The maximum atomic E-state index is 6.87. The second-order valence-corrected chi connectivity index (χ2v) is 21.4. The Labute approximate surface area is 396 Å². The second-order valence-electron chi connectivity index (χ2n) is 21.4. The van der Waals surface area contributed by atoms with Crippen molar-refractivity contribution in [1.82, 2.24) is 23.5 Å². The van der Waals surface area contributed by atoms with Gasteiger partial charge in [-0.25, -0.2) is 9.97 Å². The first-order valence-corrected chi connectivity index (χ1v) is 23.7. The molecule has 0 spiro atoms. The van der Waals surface area contributed by atoms with Crippen LogP contribution < -0.4 is 9.30 Å². The molecule has 0 bridgehead atoms. The molecule has 0 N–H and O–H groups in total. The average Bonchev–Trinajstić information content (AvgIpc) is 3.99. The molecule has 0 saturated heterocycles. The largest absolute Gasteiger partial charge is 0.458 e. The monoisotopic (exact) mass is 886 g/mol. The molecule has 12 rings (SSSR count). The van der Waals surface area contributed by atoms with Crippen LogP contribution in [0.1, 0.15) is 79.0 Å². The van der Waals surface area contributed by atoms with E-state index in [9.17, 15) is 0 Å². The van der Waals surface area contributed by atoms with Gasteiger partial charge in [0.05, 0.1) is 50.0 Å².